The Balaban J connectivity index is 2.08. The number of aryl methyl sites for hydroxylation is 1. The lowest BCUT2D eigenvalue weighted by molar-refractivity contribution is 0.0678. The lowest BCUT2D eigenvalue weighted by Crippen LogP contribution is -2.23. The minimum atomic E-state index is -0.387. The number of benzene rings is 1. The molecule has 0 fully saturated rings. The number of hydrogen-bond donors (Lipinski definition) is 0. The van der Waals surface area contributed by atoms with Gasteiger partial charge in [-0.15, -0.1) is 5.10 Å². The summed E-state index contributed by atoms with van der Waals surface area (Å²) in [7, 11) is 0. The van der Waals surface area contributed by atoms with Crippen molar-refractivity contribution in [1.29, 1.82) is 0 Å². The second-order valence-electron chi connectivity index (χ2n) is 3.97. The van der Waals surface area contributed by atoms with Crippen LogP contribution in [0, 0.1) is 0 Å². The van der Waals surface area contributed by atoms with Gasteiger partial charge < -0.3 is 0 Å². The Morgan fingerprint density at radius 2 is 2.16 bits per heavy atom. The molecule has 0 saturated heterocycles. The van der Waals surface area contributed by atoms with E-state index in [2.05, 4.69) is 10.3 Å². The molecule has 0 aliphatic rings. The van der Waals surface area contributed by atoms with Gasteiger partial charge in [-0.25, -0.2) is 0 Å². The summed E-state index contributed by atoms with van der Waals surface area (Å²) in [5, 5.41) is 9.00. The van der Waals surface area contributed by atoms with E-state index in [4.69, 9.17) is 4.84 Å². The van der Waals surface area contributed by atoms with E-state index in [0.717, 1.165) is 11.6 Å². The van der Waals surface area contributed by atoms with Crippen LogP contribution in [-0.4, -0.2) is 21.4 Å². The molecule has 0 bridgehead atoms. The Morgan fingerprint density at radius 3 is 2.74 bits per heavy atom. The molecule has 99 valence electrons. The number of aromatic nitrogens is 3. The molecule has 0 spiro atoms. The van der Waals surface area contributed by atoms with Crippen LogP contribution in [0.1, 0.15) is 25.6 Å². The molecule has 0 N–H and O–H groups in total. The molecule has 1 amide bonds. The van der Waals surface area contributed by atoms with Crippen molar-refractivity contribution in [3.63, 3.8) is 0 Å². The summed E-state index contributed by atoms with van der Waals surface area (Å²) in [6, 6.07) is 9.03. The van der Waals surface area contributed by atoms with Gasteiger partial charge in [-0.3, -0.25) is 14.3 Å². The van der Waals surface area contributed by atoms with E-state index < -0.39 is 0 Å². The van der Waals surface area contributed by atoms with Gasteiger partial charge in [-0.05, 0) is 26.0 Å². The molecule has 0 saturated carbocycles. The van der Waals surface area contributed by atoms with Crippen molar-refractivity contribution in [3.8, 4) is 0 Å². The van der Waals surface area contributed by atoms with Gasteiger partial charge in [-0.1, -0.05) is 23.4 Å². The highest BCUT2D eigenvalue weighted by molar-refractivity contribution is 5.72. The molecule has 19 heavy (non-hydrogen) atoms. The van der Waals surface area contributed by atoms with Gasteiger partial charge in [0.2, 0.25) is 0 Å². The highest BCUT2D eigenvalue weighted by Crippen LogP contribution is 2.19. The van der Waals surface area contributed by atoms with Crippen molar-refractivity contribution in [2.75, 3.05) is 5.06 Å². The predicted molar refractivity (Wildman–Crippen MR) is 69.8 cm³/mol. The highest BCUT2D eigenvalue weighted by atomic mass is 16.7. The highest BCUT2D eigenvalue weighted by Gasteiger charge is 2.16. The van der Waals surface area contributed by atoms with Crippen molar-refractivity contribution < 1.29 is 9.63 Å². The third-order valence-electron chi connectivity index (χ3n) is 2.63. The molecular weight excluding hydrogens is 244 g/mol. The van der Waals surface area contributed by atoms with Crippen LogP contribution in [0.3, 0.4) is 0 Å². The second-order valence-corrected chi connectivity index (χ2v) is 3.97. The second kappa shape index (κ2) is 6.10. The van der Waals surface area contributed by atoms with Crippen LogP contribution in [0.25, 0.3) is 0 Å². The van der Waals surface area contributed by atoms with Gasteiger partial charge in [0.15, 0.2) is 0 Å². The maximum Gasteiger partial charge on any atom is 0.343 e. The number of para-hydroxylation sites is 1. The Labute approximate surface area is 111 Å². The maximum absolute atomic E-state index is 11.0. The van der Waals surface area contributed by atoms with Crippen LogP contribution in [0.4, 0.5) is 5.69 Å². The molecule has 1 unspecified atom stereocenters. The van der Waals surface area contributed by atoms with Gasteiger partial charge >= 0.3 is 6.41 Å². The molecule has 1 aromatic carbocycles. The minimum Gasteiger partial charge on any atom is -0.261 e. The van der Waals surface area contributed by atoms with Gasteiger partial charge in [0, 0.05) is 6.54 Å². The average molecular weight is 259 g/mol. The zero-order valence-electron chi connectivity index (χ0n) is 10.9. The first-order chi connectivity index (χ1) is 9.24. The van der Waals surface area contributed by atoms with E-state index in [9.17, 15) is 4.79 Å². The van der Waals surface area contributed by atoms with E-state index in [1.54, 1.807) is 36.3 Å². The first-order valence-electron chi connectivity index (χ1n) is 6.04. The molecule has 0 aliphatic carbocycles. The lowest BCUT2D eigenvalue weighted by Gasteiger charge is -2.19. The number of carbonyl (C=O) groups excluding carboxylic acids is 1. The number of rotatable bonds is 6. The molecule has 1 heterocycles. The van der Waals surface area contributed by atoms with E-state index in [1.807, 2.05) is 25.1 Å². The van der Waals surface area contributed by atoms with Crippen LogP contribution >= 0.6 is 0 Å². The van der Waals surface area contributed by atoms with Gasteiger partial charge in [0.05, 0.1) is 11.9 Å². The van der Waals surface area contributed by atoms with Crippen LogP contribution in [-0.2, 0) is 16.2 Å². The van der Waals surface area contributed by atoms with Crippen molar-refractivity contribution in [1.82, 2.24) is 15.0 Å². The van der Waals surface area contributed by atoms with E-state index in [0.29, 0.717) is 11.4 Å². The third-order valence-corrected chi connectivity index (χ3v) is 2.63. The van der Waals surface area contributed by atoms with Crippen LogP contribution < -0.4 is 5.06 Å². The van der Waals surface area contributed by atoms with Gasteiger partial charge in [0.1, 0.15) is 11.8 Å². The zero-order chi connectivity index (χ0) is 13.7. The summed E-state index contributed by atoms with van der Waals surface area (Å²) in [6.45, 7) is 4.51. The van der Waals surface area contributed by atoms with Crippen molar-refractivity contribution in [2.45, 2.75) is 26.5 Å². The summed E-state index contributed by atoms with van der Waals surface area (Å²) in [6.07, 6.45) is 3.15. The first kappa shape index (κ1) is 13.2. The maximum atomic E-state index is 11.0. The topological polar surface area (TPSA) is 60.2 Å². The summed E-state index contributed by atoms with van der Waals surface area (Å²) >= 11 is 0. The molecule has 0 aliphatic heterocycles. The molecule has 1 atom stereocenters. The summed E-state index contributed by atoms with van der Waals surface area (Å²) in [4.78, 5) is 16.5. The smallest absolute Gasteiger partial charge is 0.261 e. The molecule has 6 heteroatoms. The SMILES string of the molecule is CCn1cc(C(C)ON([C]=O)c2ccccc2)nn1. The number of hydroxylamine groups is 1. The number of nitrogens with zero attached hydrogens (tertiary/aromatic N) is 4. The Hall–Kier alpha value is -2.21. The number of hydrogen-bond acceptors (Lipinski definition) is 4. The summed E-state index contributed by atoms with van der Waals surface area (Å²) < 4.78 is 1.70. The normalized spacial score (nSPS) is 12.1. The fourth-order valence-electron chi connectivity index (χ4n) is 1.56. The fourth-order valence-corrected chi connectivity index (χ4v) is 1.56. The first-order valence-corrected chi connectivity index (χ1v) is 6.04. The van der Waals surface area contributed by atoms with Gasteiger partial charge in [-0.2, -0.15) is 5.06 Å². The van der Waals surface area contributed by atoms with E-state index in [-0.39, 0.29) is 6.10 Å². The molecule has 1 aromatic heterocycles. The van der Waals surface area contributed by atoms with Crippen molar-refractivity contribution in [2.24, 2.45) is 0 Å². The third kappa shape index (κ3) is 3.17. The van der Waals surface area contributed by atoms with Crippen LogP contribution in [0.5, 0.6) is 0 Å². The van der Waals surface area contributed by atoms with Gasteiger partial charge in [0.25, 0.3) is 0 Å². The monoisotopic (exact) mass is 259 g/mol. The minimum absolute atomic E-state index is 0.387. The van der Waals surface area contributed by atoms with Crippen LogP contribution in [0.15, 0.2) is 36.5 Å². The van der Waals surface area contributed by atoms with E-state index in [1.165, 1.54) is 0 Å². The summed E-state index contributed by atoms with van der Waals surface area (Å²) in [5.41, 5.74) is 1.28. The molecule has 2 aromatic rings. The van der Waals surface area contributed by atoms with E-state index >= 15 is 0 Å². The Bertz CT molecular complexity index is 526. The zero-order valence-corrected chi connectivity index (χ0v) is 10.9. The van der Waals surface area contributed by atoms with Crippen molar-refractivity contribution >= 4 is 12.1 Å². The van der Waals surface area contributed by atoms with Crippen LogP contribution in [0.2, 0.25) is 0 Å². The summed E-state index contributed by atoms with van der Waals surface area (Å²) in [5.74, 6) is 0. The largest absolute Gasteiger partial charge is 0.343 e. The predicted octanol–water partition coefficient (Wildman–Crippen LogP) is 1.86. The quantitative estimate of drug-likeness (QED) is 0.587. The molecule has 1 radical (unpaired) electrons. The fraction of sp³-hybridized carbons (Fsp3) is 0.308. The Morgan fingerprint density at radius 1 is 1.42 bits per heavy atom. The molecule has 6 nitrogen and oxygen atoms in total. The lowest BCUT2D eigenvalue weighted by atomic mass is 10.3. The number of amides is 1. The Kier molecular flexibility index (Phi) is 4.25. The molecular formula is C13H15N4O2. The standard InChI is InChI=1S/C13H15N4O2/c1-3-16-9-13(14-15-16)11(2)19-17(10-18)12-7-5-4-6-8-12/h4-9,11H,3H2,1-2H3. The average Bonchev–Trinajstić information content (AvgIpc) is 2.94. The van der Waals surface area contributed by atoms with Crippen molar-refractivity contribution in [3.05, 3.63) is 42.2 Å². The molecule has 2 rings (SSSR count). The number of anilines is 1.